The quantitative estimate of drug-likeness (QED) is 0.833. The molecule has 1 aromatic carbocycles. The Balaban J connectivity index is 1.72. The summed E-state index contributed by atoms with van der Waals surface area (Å²) in [6.07, 6.45) is 3.58. The van der Waals surface area contributed by atoms with Gasteiger partial charge in [0.2, 0.25) is 5.91 Å². The SMILES string of the molecule is COc1ccccc1NC(=O)COCC1CCCCN1. The van der Waals surface area contributed by atoms with Crippen molar-refractivity contribution >= 4 is 11.6 Å². The molecule has 1 unspecified atom stereocenters. The van der Waals surface area contributed by atoms with Crippen LogP contribution in [-0.2, 0) is 9.53 Å². The summed E-state index contributed by atoms with van der Waals surface area (Å²) in [6.45, 7) is 1.69. The van der Waals surface area contributed by atoms with Crippen molar-refractivity contribution in [2.24, 2.45) is 0 Å². The fraction of sp³-hybridized carbons (Fsp3) is 0.533. The van der Waals surface area contributed by atoms with Crippen LogP contribution in [0.5, 0.6) is 5.75 Å². The highest BCUT2D eigenvalue weighted by atomic mass is 16.5. The first-order valence-corrected chi connectivity index (χ1v) is 7.03. The standard InChI is InChI=1S/C15H22N2O3/c1-19-14-8-3-2-7-13(14)17-15(18)11-20-10-12-6-4-5-9-16-12/h2-3,7-8,12,16H,4-6,9-11H2,1H3,(H,17,18). The van der Waals surface area contributed by atoms with E-state index in [0.717, 1.165) is 13.0 Å². The Hall–Kier alpha value is -1.59. The van der Waals surface area contributed by atoms with Crippen molar-refractivity contribution in [1.29, 1.82) is 0 Å². The van der Waals surface area contributed by atoms with Crippen molar-refractivity contribution in [3.63, 3.8) is 0 Å². The molecule has 110 valence electrons. The number of methoxy groups -OCH3 is 1. The Morgan fingerprint density at radius 1 is 1.40 bits per heavy atom. The molecule has 1 amide bonds. The van der Waals surface area contributed by atoms with Crippen molar-refractivity contribution in [3.05, 3.63) is 24.3 Å². The Morgan fingerprint density at radius 3 is 3.00 bits per heavy atom. The third-order valence-electron chi connectivity index (χ3n) is 3.35. The van der Waals surface area contributed by atoms with Gasteiger partial charge in [0.25, 0.3) is 0 Å². The Kier molecular flexibility index (Phi) is 5.83. The summed E-state index contributed by atoms with van der Waals surface area (Å²) in [4.78, 5) is 11.8. The second kappa shape index (κ2) is 7.87. The lowest BCUT2D eigenvalue weighted by molar-refractivity contribution is -0.120. The number of carbonyl (C=O) groups is 1. The van der Waals surface area contributed by atoms with Gasteiger partial charge in [0, 0.05) is 6.04 Å². The van der Waals surface area contributed by atoms with Gasteiger partial charge in [0.1, 0.15) is 12.4 Å². The predicted octanol–water partition coefficient (Wildman–Crippen LogP) is 1.79. The Bertz CT molecular complexity index is 431. The number of nitrogens with one attached hydrogen (secondary N) is 2. The van der Waals surface area contributed by atoms with Gasteiger partial charge in [0.05, 0.1) is 19.4 Å². The van der Waals surface area contributed by atoms with Crippen LogP contribution in [0.4, 0.5) is 5.69 Å². The summed E-state index contributed by atoms with van der Waals surface area (Å²) >= 11 is 0. The van der Waals surface area contributed by atoms with Crippen molar-refractivity contribution < 1.29 is 14.3 Å². The number of amides is 1. The van der Waals surface area contributed by atoms with Crippen LogP contribution in [0.25, 0.3) is 0 Å². The number of ether oxygens (including phenoxy) is 2. The number of hydrogen-bond donors (Lipinski definition) is 2. The topological polar surface area (TPSA) is 59.6 Å². The fourth-order valence-electron chi connectivity index (χ4n) is 2.29. The van der Waals surface area contributed by atoms with Crippen LogP contribution < -0.4 is 15.4 Å². The second-order valence-corrected chi connectivity index (χ2v) is 4.91. The fourth-order valence-corrected chi connectivity index (χ4v) is 2.29. The van der Waals surface area contributed by atoms with Crippen LogP contribution in [0, 0.1) is 0 Å². The zero-order valence-electron chi connectivity index (χ0n) is 11.9. The summed E-state index contributed by atoms with van der Waals surface area (Å²) in [7, 11) is 1.58. The number of benzene rings is 1. The highest BCUT2D eigenvalue weighted by Gasteiger charge is 2.13. The number of piperidine rings is 1. The summed E-state index contributed by atoms with van der Waals surface area (Å²) in [5.41, 5.74) is 0.666. The van der Waals surface area contributed by atoms with E-state index in [1.165, 1.54) is 12.8 Å². The maximum Gasteiger partial charge on any atom is 0.250 e. The molecule has 1 saturated heterocycles. The predicted molar refractivity (Wildman–Crippen MR) is 78.1 cm³/mol. The van der Waals surface area contributed by atoms with Crippen LogP contribution >= 0.6 is 0 Å². The molecular weight excluding hydrogens is 256 g/mol. The van der Waals surface area contributed by atoms with Crippen LogP contribution in [0.1, 0.15) is 19.3 Å². The van der Waals surface area contributed by atoms with Crippen molar-refractivity contribution in [1.82, 2.24) is 5.32 Å². The molecule has 1 aromatic rings. The largest absolute Gasteiger partial charge is 0.495 e. The van der Waals surface area contributed by atoms with Gasteiger partial charge < -0.3 is 20.1 Å². The first-order chi connectivity index (χ1) is 9.79. The number of carbonyl (C=O) groups excluding carboxylic acids is 1. The first kappa shape index (κ1) is 14.8. The average molecular weight is 278 g/mol. The Morgan fingerprint density at radius 2 is 2.25 bits per heavy atom. The molecule has 1 fully saturated rings. The van der Waals surface area contributed by atoms with Crippen LogP contribution in [0.15, 0.2) is 24.3 Å². The Labute approximate surface area is 119 Å². The molecule has 0 saturated carbocycles. The van der Waals surface area contributed by atoms with E-state index in [1.54, 1.807) is 13.2 Å². The number of anilines is 1. The zero-order chi connectivity index (χ0) is 14.2. The minimum absolute atomic E-state index is 0.0657. The summed E-state index contributed by atoms with van der Waals surface area (Å²) in [5, 5.41) is 6.17. The van der Waals surface area contributed by atoms with Crippen molar-refractivity contribution in [3.8, 4) is 5.75 Å². The molecule has 2 N–H and O–H groups in total. The molecule has 1 aliphatic heterocycles. The second-order valence-electron chi connectivity index (χ2n) is 4.91. The molecule has 1 atom stereocenters. The number of rotatable bonds is 6. The van der Waals surface area contributed by atoms with E-state index in [4.69, 9.17) is 9.47 Å². The molecule has 0 radical (unpaired) electrons. The molecule has 0 bridgehead atoms. The summed E-state index contributed by atoms with van der Waals surface area (Å²) in [6, 6.07) is 7.70. The van der Waals surface area contributed by atoms with E-state index in [-0.39, 0.29) is 12.5 Å². The lowest BCUT2D eigenvalue weighted by Crippen LogP contribution is -2.38. The molecular formula is C15H22N2O3. The highest BCUT2D eigenvalue weighted by molar-refractivity contribution is 5.93. The molecule has 2 rings (SSSR count). The van der Waals surface area contributed by atoms with Gasteiger partial charge in [-0.3, -0.25) is 4.79 Å². The smallest absolute Gasteiger partial charge is 0.250 e. The summed E-state index contributed by atoms with van der Waals surface area (Å²) in [5.74, 6) is 0.486. The highest BCUT2D eigenvalue weighted by Crippen LogP contribution is 2.22. The molecule has 0 aromatic heterocycles. The third kappa shape index (κ3) is 4.51. The van der Waals surface area contributed by atoms with Gasteiger partial charge >= 0.3 is 0 Å². The molecule has 0 aliphatic carbocycles. The molecule has 0 spiro atoms. The lowest BCUT2D eigenvalue weighted by atomic mass is 10.1. The van der Waals surface area contributed by atoms with Gasteiger partial charge in [-0.05, 0) is 31.5 Å². The van der Waals surface area contributed by atoms with Gasteiger partial charge in [-0.15, -0.1) is 0 Å². The summed E-state index contributed by atoms with van der Waals surface area (Å²) < 4.78 is 10.6. The zero-order valence-corrected chi connectivity index (χ0v) is 11.9. The molecule has 5 nitrogen and oxygen atoms in total. The van der Waals surface area contributed by atoms with Crippen molar-refractivity contribution in [2.75, 3.05) is 32.2 Å². The minimum Gasteiger partial charge on any atom is -0.495 e. The molecule has 5 heteroatoms. The maximum absolute atomic E-state index is 11.8. The van der Waals surface area contributed by atoms with Crippen LogP contribution in [0.3, 0.4) is 0 Å². The van der Waals surface area contributed by atoms with Crippen molar-refractivity contribution in [2.45, 2.75) is 25.3 Å². The molecule has 1 heterocycles. The van der Waals surface area contributed by atoms with Gasteiger partial charge in [-0.2, -0.15) is 0 Å². The van der Waals surface area contributed by atoms with Crippen LogP contribution in [-0.4, -0.2) is 38.8 Å². The maximum atomic E-state index is 11.8. The molecule has 20 heavy (non-hydrogen) atoms. The van der Waals surface area contributed by atoms with Crippen LogP contribution in [0.2, 0.25) is 0 Å². The van der Waals surface area contributed by atoms with Gasteiger partial charge in [0.15, 0.2) is 0 Å². The number of para-hydroxylation sites is 2. The minimum atomic E-state index is -0.162. The van der Waals surface area contributed by atoms with E-state index in [9.17, 15) is 4.79 Å². The van der Waals surface area contributed by atoms with E-state index in [1.807, 2.05) is 18.2 Å². The van der Waals surface area contributed by atoms with E-state index >= 15 is 0 Å². The van der Waals surface area contributed by atoms with E-state index in [2.05, 4.69) is 10.6 Å². The molecule has 1 aliphatic rings. The normalized spacial score (nSPS) is 18.6. The monoisotopic (exact) mass is 278 g/mol. The first-order valence-electron chi connectivity index (χ1n) is 7.03. The van der Waals surface area contributed by atoms with E-state index in [0.29, 0.717) is 24.1 Å². The lowest BCUT2D eigenvalue weighted by Gasteiger charge is -2.23. The van der Waals surface area contributed by atoms with E-state index < -0.39 is 0 Å². The van der Waals surface area contributed by atoms with Gasteiger partial charge in [-0.25, -0.2) is 0 Å². The third-order valence-corrected chi connectivity index (χ3v) is 3.35. The number of hydrogen-bond acceptors (Lipinski definition) is 4. The van der Waals surface area contributed by atoms with Gasteiger partial charge in [-0.1, -0.05) is 18.6 Å². The average Bonchev–Trinajstić information content (AvgIpc) is 2.49.